The summed E-state index contributed by atoms with van der Waals surface area (Å²) in [6.07, 6.45) is 7.90. The van der Waals surface area contributed by atoms with Crippen molar-refractivity contribution in [3.05, 3.63) is 18.7 Å². The predicted octanol–water partition coefficient (Wildman–Crippen LogP) is 1.57. The zero-order valence-corrected chi connectivity index (χ0v) is 11.3. The zero-order valence-electron chi connectivity index (χ0n) is 11.3. The molecule has 7 heteroatoms. The van der Waals surface area contributed by atoms with Crippen molar-refractivity contribution in [2.45, 2.75) is 38.1 Å². The lowest BCUT2D eigenvalue weighted by atomic mass is 9.77. The maximum Gasteiger partial charge on any atom is 0.329 e. The molecule has 1 aliphatic carbocycles. The molecule has 2 aromatic heterocycles. The van der Waals surface area contributed by atoms with Crippen LogP contribution in [0.1, 0.15) is 32.6 Å². The highest BCUT2D eigenvalue weighted by Gasteiger charge is 2.42. The van der Waals surface area contributed by atoms with Crippen molar-refractivity contribution >= 4 is 17.4 Å². The van der Waals surface area contributed by atoms with Crippen LogP contribution in [0.4, 0.5) is 5.82 Å². The summed E-state index contributed by atoms with van der Waals surface area (Å²) in [5, 5.41) is 20.5. The molecule has 0 aromatic carbocycles. The smallest absolute Gasteiger partial charge is 0.329 e. The highest BCUT2D eigenvalue weighted by atomic mass is 16.4. The van der Waals surface area contributed by atoms with Gasteiger partial charge in [0.15, 0.2) is 5.82 Å². The van der Waals surface area contributed by atoms with E-state index in [0.29, 0.717) is 30.2 Å². The van der Waals surface area contributed by atoms with Gasteiger partial charge < -0.3 is 10.4 Å². The molecule has 0 bridgehead atoms. The Bertz CT molecular complexity index is 630. The fourth-order valence-electron chi connectivity index (χ4n) is 2.72. The van der Waals surface area contributed by atoms with Gasteiger partial charge in [-0.2, -0.15) is 0 Å². The minimum atomic E-state index is -0.951. The normalized spacial score (nSPS) is 26.6. The van der Waals surface area contributed by atoms with E-state index in [4.69, 9.17) is 0 Å². The van der Waals surface area contributed by atoms with Gasteiger partial charge in [0.1, 0.15) is 11.9 Å². The Kier molecular flexibility index (Phi) is 3.04. The van der Waals surface area contributed by atoms with E-state index in [1.54, 1.807) is 23.1 Å². The molecule has 3 rings (SSSR count). The minimum Gasteiger partial charge on any atom is -0.480 e. The van der Waals surface area contributed by atoms with Crippen LogP contribution in [0, 0.1) is 5.92 Å². The van der Waals surface area contributed by atoms with Gasteiger partial charge in [-0.05, 0) is 31.6 Å². The number of hydrogen-bond donors (Lipinski definition) is 2. The fraction of sp³-hybridized carbons (Fsp3) is 0.538. The largest absolute Gasteiger partial charge is 0.480 e. The van der Waals surface area contributed by atoms with Gasteiger partial charge in [-0.15, -0.1) is 10.2 Å². The van der Waals surface area contributed by atoms with E-state index in [1.165, 1.54) is 0 Å². The second-order valence-electron chi connectivity index (χ2n) is 5.53. The molecule has 0 spiro atoms. The van der Waals surface area contributed by atoms with Crippen LogP contribution in [0.3, 0.4) is 0 Å². The number of carboxylic acid groups (broad SMARTS) is 1. The first kappa shape index (κ1) is 12.8. The number of nitrogens with one attached hydrogen (secondary N) is 1. The standard InChI is InChI=1S/C13H17N5O2/c1-9-2-4-13(5-3-9,12(19)20)16-10-11-17-15-8-18(11)7-6-14-10/h6-9H,2-5H2,1H3,(H,14,16)(H,19,20). The zero-order chi connectivity index (χ0) is 14.2. The molecule has 1 fully saturated rings. The van der Waals surface area contributed by atoms with Gasteiger partial charge in [0, 0.05) is 12.4 Å². The van der Waals surface area contributed by atoms with Crippen molar-refractivity contribution < 1.29 is 9.90 Å². The van der Waals surface area contributed by atoms with Crippen LogP contribution in [0.15, 0.2) is 18.7 Å². The fourth-order valence-corrected chi connectivity index (χ4v) is 2.72. The van der Waals surface area contributed by atoms with E-state index in [1.807, 2.05) is 0 Å². The molecule has 2 aromatic rings. The molecule has 0 amide bonds. The number of aliphatic carboxylic acids is 1. The third kappa shape index (κ3) is 2.09. The van der Waals surface area contributed by atoms with Crippen LogP contribution in [0.5, 0.6) is 0 Å². The van der Waals surface area contributed by atoms with Gasteiger partial charge in [-0.3, -0.25) is 4.40 Å². The van der Waals surface area contributed by atoms with E-state index in [9.17, 15) is 9.90 Å². The maximum absolute atomic E-state index is 11.7. The summed E-state index contributed by atoms with van der Waals surface area (Å²) in [5.41, 5.74) is -0.403. The van der Waals surface area contributed by atoms with Crippen molar-refractivity contribution in [1.29, 1.82) is 0 Å². The molecule has 0 unspecified atom stereocenters. The van der Waals surface area contributed by atoms with Crippen molar-refractivity contribution in [3.63, 3.8) is 0 Å². The van der Waals surface area contributed by atoms with Crippen molar-refractivity contribution in [3.8, 4) is 0 Å². The SMILES string of the molecule is CC1CCC(Nc2nccn3cnnc23)(C(=O)O)CC1. The lowest BCUT2D eigenvalue weighted by Gasteiger charge is -2.36. The summed E-state index contributed by atoms with van der Waals surface area (Å²) < 4.78 is 1.72. The number of carboxylic acids is 1. The maximum atomic E-state index is 11.7. The summed E-state index contributed by atoms with van der Waals surface area (Å²) >= 11 is 0. The molecular weight excluding hydrogens is 258 g/mol. The lowest BCUT2D eigenvalue weighted by molar-refractivity contribution is -0.143. The van der Waals surface area contributed by atoms with E-state index in [2.05, 4.69) is 27.4 Å². The molecule has 0 radical (unpaired) electrons. The number of anilines is 1. The van der Waals surface area contributed by atoms with Crippen LogP contribution in [-0.2, 0) is 4.79 Å². The second-order valence-corrected chi connectivity index (χ2v) is 5.53. The molecule has 7 nitrogen and oxygen atoms in total. The number of hydrogen-bond acceptors (Lipinski definition) is 5. The number of rotatable bonds is 3. The van der Waals surface area contributed by atoms with Gasteiger partial charge in [-0.1, -0.05) is 6.92 Å². The Hall–Kier alpha value is -2.18. The number of aromatic nitrogens is 4. The van der Waals surface area contributed by atoms with Gasteiger partial charge in [-0.25, -0.2) is 9.78 Å². The van der Waals surface area contributed by atoms with Crippen LogP contribution < -0.4 is 5.32 Å². The van der Waals surface area contributed by atoms with Gasteiger partial charge in [0.05, 0.1) is 0 Å². The summed E-state index contributed by atoms with van der Waals surface area (Å²) in [7, 11) is 0. The lowest BCUT2D eigenvalue weighted by Crippen LogP contribution is -2.49. The van der Waals surface area contributed by atoms with Crippen LogP contribution in [0.25, 0.3) is 5.65 Å². The van der Waals surface area contributed by atoms with E-state index in [0.717, 1.165) is 12.8 Å². The summed E-state index contributed by atoms with van der Waals surface area (Å²) in [4.78, 5) is 16.0. The van der Waals surface area contributed by atoms with Crippen LogP contribution in [0.2, 0.25) is 0 Å². The molecule has 1 aliphatic rings. The Morgan fingerprint density at radius 2 is 2.25 bits per heavy atom. The average Bonchev–Trinajstić information content (AvgIpc) is 2.91. The summed E-state index contributed by atoms with van der Waals surface area (Å²) in [6.45, 7) is 2.16. The molecule has 0 aliphatic heterocycles. The summed E-state index contributed by atoms with van der Waals surface area (Å²) in [5.74, 6) is 0.218. The molecule has 0 saturated heterocycles. The van der Waals surface area contributed by atoms with Gasteiger partial charge in [0.25, 0.3) is 0 Å². The van der Waals surface area contributed by atoms with Crippen LogP contribution >= 0.6 is 0 Å². The molecule has 2 N–H and O–H groups in total. The van der Waals surface area contributed by atoms with E-state index in [-0.39, 0.29) is 0 Å². The first-order valence-corrected chi connectivity index (χ1v) is 6.77. The van der Waals surface area contributed by atoms with Crippen LogP contribution in [-0.4, -0.2) is 36.2 Å². The Morgan fingerprint density at radius 3 is 2.95 bits per heavy atom. The topological polar surface area (TPSA) is 92.4 Å². The van der Waals surface area contributed by atoms with E-state index < -0.39 is 11.5 Å². The third-order valence-corrected chi connectivity index (χ3v) is 4.11. The number of nitrogens with zero attached hydrogens (tertiary/aromatic N) is 4. The molecule has 0 atom stereocenters. The Labute approximate surface area is 116 Å². The second kappa shape index (κ2) is 4.73. The van der Waals surface area contributed by atoms with Crippen molar-refractivity contribution in [2.75, 3.05) is 5.32 Å². The average molecular weight is 275 g/mol. The Morgan fingerprint density at radius 1 is 1.50 bits per heavy atom. The van der Waals surface area contributed by atoms with Crippen molar-refractivity contribution in [2.24, 2.45) is 5.92 Å². The predicted molar refractivity (Wildman–Crippen MR) is 72.4 cm³/mol. The first-order chi connectivity index (χ1) is 9.61. The Balaban J connectivity index is 1.94. The van der Waals surface area contributed by atoms with E-state index >= 15 is 0 Å². The molecule has 1 saturated carbocycles. The van der Waals surface area contributed by atoms with Gasteiger partial charge >= 0.3 is 5.97 Å². The molecule has 20 heavy (non-hydrogen) atoms. The van der Waals surface area contributed by atoms with Gasteiger partial charge in [0.2, 0.25) is 5.65 Å². The molecule has 106 valence electrons. The third-order valence-electron chi connectivity index (χ3n) is 4.11. The highest BCUT2D eigenvalue weighted by molar-refractivity contribution is 5.84. The monoisotopic (exact) mass is 275 g/mol. The quantitative estimate of drug-likeness (QED) is 0.883. The molecule has 2 heterocycles. The summed E-state index contributed by atoms with van der Waals surface area (Å²) in [6, 6.07) is 0. The minimum absolute atomic E-state index is 0.474. The number of fused-ring (bicyclic) bond motifs is 1. The van der Waals surface area contributed by atoms with Crippen molar-refractivity contribution in [1.82, 2.24) is 19.6 Å². The number of carbonyl (C=O) groups is 1. The first-order valence-electron chi connectivity index (χ1n) is 6.77. The highest BCUT2D eigenvalue weighted by Crippen LogP contribution is 2.35. The molecular formula is C13H17N5O2.